The van der Waals surface area contributed by atoms with Crippen molar-refractivity contribution >= 4 is 29.7 Å². The largest absolute Gasteiger partial charge is 0.468 e. The summed E-state index contributed by atoms with van der Waals surface area (Å²) in [4.78, 5) is 33.3. The lowest BCUT2D eigenvalue weighted by atomic mass is 10.1. The first-order chi connectivity index (χ1) is 12.0. The van der Waals surface area contributed by atoms with Crippen LogP contribution < -0.4 is 17.2 Å². The number of rotatable bonds is 9. The van der Waals surface area contributed by atoms with Crippen molar-refractivity contribution < 1.29 is 29.0 Å². The second-order valence-electron chi connectivity index (χ2n) is 6.15. The van der Waals surface area contributed by atoms with Gasteiger partial charge in [0.2, 0.25) is 0 Å². The minimum absolute atomic E-state index is 0.276. The SMILES string of the molecule is COC(=O)[C@@H](N)[C@@H](C)O.CSCC[C@H](N)C(=O)OC(=O)[C@@H](N)CC(C)C. The molecule has 0 spiro atoms. The van der Waals surface area contributed by atoms with Gasteiger partial charge in [-0.25, -0.2) is 9.59 Å². The summed E-state index contributed by atoms with van der Waals surface area (Å²) in [5.41, 5.74) is 16.3. The molecule has 0 saturated carbocycles. The first kappa shape index (κ1) is 27.0. The number of nitrogens with two attached hydrogens (primary N) is 3. The third kappa shape index (κ3) is 13.1. The quantitative estimate of drug-likeness (QED) is 0.291. The van der Waals surface area contributed by atoms with Gasteiger partial charge in [0.25, 0.3) is 0 Å². The highest BCUT2D eigenvalue weighted by Crippen LogP contribution is 2.06. The Kier molecular flexibility index (Phi) is 15.5. The maximum Gasteiger partial charge on any atom is 0.330 e. The maximum atomic E-state index is 11.4. The van der Waals surface area contributed by atoms with E-state index in [1.807, 2.05) is 20.1 Å². The molecule has 7 N–H and O–H groups in total. The van der Waals surface area contributed by atoms with E-state index in [-0.39, 0.29) is 5.92 Å². The fourth-order valence-electron chi connectivity index (χ4n) is 1.55. The molecular weight excluding hydrogens is 362 g/mol. The lowest BCUT2D eigenvalue weighted by molar-refractivity contribution is -0.161. The summed E-state index contributed by atoms with van der Waals surface area (Å²) < 4.78 is 8.88. The van der Waals surface area contributed by atoms with Gasteiger partial charge in [-0.2, -0.15) is 11.8 Å². The van der Waals surface area contributed by atoms with Crippen molar-refractivity contribution in [3.63, 3.8) is 0 Å². The number of aliphatic hydroxyl groups excluding tert-OH is 1. The van der Waals surface area contributed by atoms with E-state index in [4.69, 9.17) is 22.3 Å². The van der Waals surface area contributed by atoms with Gasteiger partial charge >= 0.3 is 17.9 Å². The van der Waals surface area contributed by atoms with Crippen LogP contribution in [0.15, 0.2) is 0 Å². The Morgan fingerprint density at radius 2 is 1.50 bits per heavy atom. The van der Waals surface area contributed by atoms with Crippen molar-refractivity contribution in [3.8, 4) is 0 Å². The number of ether oxygens (including phenoxy) is 2. The zero-order valence-electron chi connectivity index (χ0n) is 16.1. The Balaban J connectivity index is 0. The maximum absolute atomic E-state index is 11.4. The molecule has 0 aromatic carbocycles. The predicted octanol–water partition coefficient (Wildman–Crippen LogP) is -0.622. The van der Waals surface area contributed by atoms with Crippen molar-refractivity contribution in [2.24, 2.45) is 23.1 Å². The molecule has 0 heterocycles. The van der Waals surface area contributed by atoms with Crippen LogP contribution in [-0.4, -0.2) is 66.4 Å². The third-order valence-corrected chi connectivity index (χ3v) is 3.80. The Labute approximate surface area is 159 Å². The van der Waals surface area contributed by atoms with E-state index in [9.17, 15) is 14.4 Å². The summed E-state index contributed by atoms with van der Waals surface area (Å²) in [6.07, 6.45) is 2.05. The highest BCUT2D eigenvalue weighted by Gasteiger charge is 2.23. The van der Waals surface area contributed by atoms with Crippen LogP contribution in [0.3, 0.4) is 0 Å². The van der Waals surface area contributed by atoms with Crippen LogP contribution in [0, 0.1) is 5.92 Å². The lowest BCUT2D eigenvalue weighted by Crippen LogP contribution is -2.40. The van der Waals surface area contributed by atoms with Gasteiger partial charge in [-0.3, -0.25) is 4.79 Å². The van der Waals surface area contributed by atoms with Crippen LogP contribution in [-0.2, 0) is 23.9 Å². The first-order valence-corrected chi connectivity index (χ1v) is 9.64. The fourth-order valence-corrected chi connectivity index (χ4v) is 2.04. The average Bonchev–Trinajstić information content (AvgIpc) is 2.57. The first-order valence-electron chi connectivity index (χ1n) is 8.24. The van der Waals surface area contributed by atoms with Crippen molar-refractivity contribution in [1.82, 2.24) is 0 Å². The average molecular weight is 396 g/mol. The molecule has 0 aliphatic heterocycles. The van der Waals surface area contributed by atoms with Gasteiger partial charge in [-0.05, 0) is 37.7 Å². The summed E-state index contributed by atoms with van der Waals surface area (Å²) in [5.74, 6) is -0.947. The van der Waals surface area contributed by atoms with Crippen LogP contribution in [0.4, 0.5) is 0 Å². The molecule has 10 heteroatoms. The van der Waals surface area contributed by atoms with Crippen molar-refractivity contribution in [1.29, 1.82) is 0 Å². The number of hydrogen-bond donors (Lipinski definition) is 4. The highest BCUT2D eigenvalue weighted by atomic mass is 32.2. The van der Waals surface area contributed by atoms with Crippen LogP contribution in [0.2, 0.25) is 0 Å². The zero-order chi connectivity index (χ0) is 20.9. The number of thioether (sulfide) groups is 1. The molecule has 26 heavy (non-hydrogen) atoms. The molecule has 0 bridgehead atoms. The van der Waals surface area contributed by atoms with Crippen molar-refractivity contribution in [2.45, 2.75) is 57.8 Å². The van der Waals surface area contributed by atoms with Crippen LogP contribution >= 0.6 is 11.8 Å². The summed E-state index contributed by atoms with van der Waals surface area (Å²) in [5, 5.41) is 8.70. The van der Waals surface area contributed by atoms with E-state index in [1.165, 1.54) is 14.0 Å². The van der Waals surface area contributed by atoms with E-state index in [0.717, 1.165) is 5.75 Å². The molecule has 4 atom stereocenters. The molecule has 0 radical (unpaired) electrons. The van der Waals surface area contributed by atoms with E-state index in [2.05, 4.69) is 9.47 Å². The van der Waals surface area contributed by atoms with Crippen molar-refractivity contribution in [3.05, 3.63) is 0 Å². The topological polar surface area (TPSA) is 168 Å². The van der Waals surface area contributed by atoms with Gasteiger partial charge in [0, 0.05) is 0 Å². The summed E-state index contributed by atoms with van der Waals surface area (Å²) >= 11 is 1.58. The molecule has 154 valence electrons. The number of hydrogen-bond acceptors (Lipinski definition) is 10. The van der Waals surface area contributed by atoms with Gasteiger partial charge in [0.05, 0.1) is 13.2 Å². The standard InChI is InChI=1S/C11H22N2O3S.C5H11NO3/c1-7(2)6-9(13)11(15)16-10(14)8(12)4-5-17-3;1-3(7)4(6)5(8)9-2/h7-9H,4-6,12-13H2,1-3H3;3-4,7H,6H2,1-2H3/t8-,9-;3-,4+/m01/s1. The molecule has 0 aromatic heterocycles. The molecule has 0 aliphatic rings. The summed E-state index contributed by atoms with van der Waals surface area (Å²) in [6, 6.07) is -2.43. The van der Waals surface area contributed by atoms with Crippen LogP contribution in [0.1, 0.15) is 33.6 Å². The van der Waals surface area contributed by atoms with E-state index < -0.39 is 42.1 Å². The normalized spacial score (nSPS) is 15.2. The zero-order valence-corrected chi connectivity index (χ0v) is 17.0. The third-order valence-electron chi connectivity index (χ3n) is 3.16. The number of methoxy groups -OCH3 is 1. The van der Waals surface area contributed by atoms with E-state index >= 15 is 0 Å². The van der Waals surface area contributed by atoms with Gasteiger partial charge in [-0.15, -0.1) is 0 Å². The Morgan fingerprint density at radius 1 is 1.00 bits per heavy atom. The minimum Gasteiger partial charge on any atom is -0.468 e. The Hall–Kier alpha value is -1.20. The van der Waals surface area contributed by atoms with Crippen LogP contribution in [0.25, 0.3) is 0 Å². The predicted molar refractivity (Wildman–Crippen MR) is 101 cm³/mol. The van der Waals surface area contributed by atoms with Gasteiger partial charge in [-0.1, -0.05) is 13.8 Å². The Bertz CT molecular complexity index is 434. The molecule has 0 aliphatic carbocycles. The molecule has 0 saturated heterocycles. The molecule has 0 fully saturated rings. The molecule has 0 aromatic rings. The molecule has 0 amide bonds. The molecule has 0 rings (SSSR count). The lowest BCUT2D eigenvalue weighted by Gasteiger charge is -2.14. The molecular formula is C16H33N3O6S. The van der Waals surface area contributed by atoms with Gasteiger partial charge in [0.15, 0.2) is 0 Å². The van der Waals surface area contributed by atoms with Gasteiger partial charge < -0.3 is 31.8 Å². The van der Waals surface area contributed by atoms with E-state index in [0.29, 0.717) is 12.8 Å². The van der Waals surface area contributed by atoms with Crippen molar-refractivity contribution in [2.75, 3.05) is 19.1 Å². The summed E-state index contributed by atoms with van der Waals surface area (Å²) in [6.45, 7) is 5.32. The number of aliphatic hydroxyl groups is 1. The van der Waals surface area contributed by atoms with Crippen LogP contribution in [0.5, 0.6) is 0 Å². The minimum atomic E-state index is -0.921. The number of carbonyl (C=O) groups is 3. The summed E-state index contributed by atoms with van der Waals surface area (Å²) in [7, 11) is 1.23. The van der Waals surface area contributed by atoms with E-state index in [1.54, 1.807) is 11.8 Å². The fraction of sp³-hybridized carbons (Fsp3) is 0.812. The Morgan fingerprint density at radius 3 is 1.85 bits per heavy atom. The van der Waals surface area contributed by atoms with Gasteiger partial charge in [0.1, 0.15) is 18.1 Å². The monoisotopic (exact) mass is 395 g/mol. The number of carbonyl (C=O) groups excluding carboxylic acids is 3. The second kappa shape index (κ2) is 14.9. The second-order valence-corrected chi connectivity index (χ2v) is 7.14. The number of esters is 3. The smallest absolute Gasteiger partial charge is 0.330 e. The highest BCUT2D eigenvalue weighted by molar-refractivity contribution is 7.98. The molecule has 0 unspecified atom stereocenters. The molecule has 9 nitrogen and oxygen atoms in total.